The smallest absolute Gasteiger partial charge is 0.297 e. The summed E-state index contributed by atoms with van der Waals surface area (Å²) < 4.78 is 44.1. The molecule has 1 aliphatic heterocycles. The first-order valence-corrected chi connectivity index (χ1v) is 13.0. The van der Waals surface area contributed by atoms with Crippen molar-refractivity contribution in [1.82, 2.24) is 19.8 Å². The summed E-state index contributed by atoms with van der Waals surface area (Å²) in [6.45, 7) is 4.24. The molecule has 1 aromatic carbocycles. The minimum absolute atomic E-state index is 0.125. The summed E-state index contributed by atoms with van der Waals surface area (Å²) in [4.78, 5) is 13.1. The van der Waals surface area contributed by atoms with Gasteiger partial charge >= 0.3 is 11.9 Å². The number of hydrazine groups is 1. The summed E-state index contributed by atoms with van der Waals surface area (Å²) in [7, 11) is 2.31. The average Bonchev–Trinajstić information content (AvgIpc) is 3.52. The van der Waals surface area contributed by atoms with Gasteiger partial charge in [0, 0.05) is 18.8 Å². The van der Waals surface area contributed by atoms with Gasteiger partial charge in [0.25, 0.3) is 0 Å². The number of benzene rings is 1. The third kappa shape index (κ3) is 4.48. The largest absolute Gasteiger partial charge is 0.418 e. The maximum absolute atomic E-state index is 13.6. The first-order chi connectivity index (χ1) is 17.2. The first kappa shape index (κ1) is 25.0. The predicted molar refractivity (Wildman–Crippen MR) is 134 cm³/mol. The van der Waals surface area contributed by atoms with Gasteiger partial charge < -0.3 is 0 Å². The minimum Gasteiger partial charge on any atom is -0.297 e. The number of imidazole rings is 1. The predicted octanol–water partition coefficient (Wildman–Crippen LogP) is 4.95. The molecule has 3 atom stereocenters. The van der Waals surface area contributed by atoms with Crippen LogP contribution in [-0.2, 0) is 12.6 Å². The Hall–Kier alpha value is -2.62. The molecule has 3 heterocycles. The van der Waals surface area contributed by atoms with Crippen molar-refractivity contribution in [3.63, 3.8) is 0 Å². The van der Waals surface area contributed by atoms with Gasteiger partial charge in [-0.25, -0.2) is 15.6 Å². The number of hydrogen-bond donors (Lipinski definition) is 2. The van der Waals surface area contributed by atoms with Crippen LogP contribution in [0.2, 0.25) is 0 Å². The van der Waals surface area contributed by atoms with Gasteiger partial charge in [-0.05, 0) is 60.9 Å². The third-order valence-corrected chi connectivity index (χ3v) is 8.12. The number of unbranched alkanes of at least 4 members (excludes halogenated alkanes) is 3. The molecule has 1 aliphatic carbocycles. The molecule has 2 unspecified atom stereocenters. The minimum atomic E-state index is -4.53. The van der Waals surface area contributed by atoms with Crippen LogP contribution in [0.3, 0.4) is 0 Å². The lowest BCUT2D eigenvalue weighted by Gasteiger charge is -2.35. The second-order valence-electron chi connectivity index (χ2n) is 10.5. The number of nitrogens with one attached hydrogen (secondary N) is 2. The number of quaternary nitrogens is 1. The number of hydrogen-bond acceptors (Lipinski definition) is 3. The SMILES string of the molecule is CCCCCC[N+]1(C)CNNC1C[C@@H]1CCc2c1cccc2-n1cc2c(C(F)(F)F)cccn2c1=O. The number of halogens is 3. The fourth-order valence-electron chi connectivity index (χ4n) is 6.04. The molecule has 1 saturated heterocycles. The Kier molecular flexibility index (Phi) is 6.74. The van der Waals surface area contributed by atoms with Gasteiger partial charge in [-0.15, -0.1) is 0 Å². The molecule has 6 nitrogen and oxygen atoms in total. The van der Waals surface area contributed by atoms with E-state index in [0.717, 1.165) is 53.0 Å². The molecule has 2 aromatic heterocycles. The Morgan fingerprint density at radius 3 is 2.75 bits per heavy atom. The summed E-state index contributed by atoms with van der Waals surface area (Å²) in [6, 6.07) is 8.17. The van der Waals surface area contributed by atoms with Crippen LogP contribution in [0.15, 0.2) is 47.5 Å². The van der Waals surface area contributed by atoms with E-state index in [0.29, 0.717) is 17.8 Å². The van der Waals surface area contributed by atoms with Gasteiger partial charge in [-0.2, -0.15) is 13.2 Å². The number of fused-ring (bicyclic) bond motifs is 2. The van der Waals surface area contributed by atoms with E-state index in [1.807, 2.05) is 12.1 Å². The topological polar surface area (TPSA) is 50.5 Å². The van der Waals surface area contributed by atoms with Gasteiger partial charge in [0.2, 0.25) is 0 Å². The molecular formula is C27H35F3N5O+. The number of rotatable bonds is 8. The molecule has 1 fully saturated rings. The Labute approximate surface area is 209 Å². The lowest BCUT2D eigenvalue weighted by molar-refractivity contribution is -0.924. The summed E-state index contributed by atoms with van der Waals surface area (Å²) in [5.41, 5.74) is 8.41. The number of aromatic nitrogens is 2. The Bertz CT molecular complexity index is 1300. The van der Waals surface area contributed by atoms with Crippen molar-refractivity contribution < 1.29 is 17.7 Å². The van der Waals surface area contributed by atoms with E-state index in [9.17, 15) is 18.0 Å². The molecule has 194 valence electrons. The molecular weight excluding hydrogens is 467 g/mol. The Balaban J connectivity index is 1.43. The second kappa shape index (κ2) is 9.68. The van der Waals surface area contributed by atoms with Crippen LogP contribution in [0.25, 0.3) is 11.2 Å². The van der Waals surface area contributed by atoms with Gasteiger partial charge in [-0.3, -0.25) is 13.5 Å². The average molecular weight is 503 g/mol. The van der Waals surface area contributed by atoms with Crippen molar-refractivity contribution in [2.45, 2.75) is 70.1 Å². The lowest BCUT2D eigenvalue weighted by atomic mass is 9.95. The lowest BCUT2D eigenvalue weighted by Crippen LogP contribution is -2.52. The number of nitrogens with zero attached hydrogens (tertiary/aromatic N) is 3. The maximum Gasteiger partial charge on any atom is 0.418 e. The molecule has 0 radical (unpaired) electrons. The van der Waals surface area contributed by atoms with Gasteiger partial charge in [-0.1, -0.05) is 31.9 Å². The molecule has 5 rings (SSSR count). The van der Waals surface area contributed by atoms with E-state index in [-0.39, 0.29) is 5.52 Å². The molecule has 0 saturated carbocycles. The van der Waals surface area contributed by atoms with E-state index in [1.165, 1.54) is 54.3 Å². The van der Waals surface area contributed by atoms with Crippen molar-refractivity contribution in [3.05, 3.63) is 69.9 Å². The van der Waals surface area contributed by atoms with E-state index in [1.54, 1.807) is 0 Å². The molecule has 2 aliphatic rings. The van der Waals surface area contributed by atoms with Crippen molar-refractivity contribution in [2.75, 3.05) is 20.3 Å². The van der Waals surface area contributed by atoms with Gasteiger partial charge in [0.05, 0.1) is 30.4 Å². The highest BCUT2D eigenvalue weighted by molar-refractivity contribution is 5.58. The Morgan fingerprint density at radius 1 is 1.14 bits per heavy atom. The van der Waals surface area contributed by atoms with Crippen molar-refractivity contribution in [2.24, 2.45) is 0 Å². The van der Waals surface area contributed by atoms with Crippen LogP contribution in [0.4, 0.5) is 13.2 Å². The van der Waals surface area contributed by atoms with Crippen LogP contribution >= 0.6 is 0 Å². The molecule has 0 amide bonds. The fourth-order valence-corrected chi connectivity index (χ4v) is 6.04. The number of pyridine rings is 1. The quantitative estimate of drug-likeness (QED) is 0.339. The highest BCUT2D eigenvalue weighted by Crippen LogP contribution is 2.40. The molecule has 9 heteroatoms. The zero-order valence-corrected chi connectivity index (χ0v) is 20.9. The molecule has 36 heavy (non-hydrogen) atoms. The normalized spacial score (nSPS) is 24.0. The van der Waals surface area contributed by atoms with Crippen LogP contribution in [0, 0.1) is 0 Å². The zero-order chi connectivity index (χ0) is 25.5. The monoisotopic (exact) mass is 502 g/mol. The van der Waals surface area contributed by atoms with E-state index >= 15 is 0 Å². The highest BCUT2D eigenvalue weighted by atomic mass is 19.4. The number of alkyl halides is 3. The van der Waals surface area contributed by atoms with Crippen LogP contribution in [-0.4, -0.2) is 39.9 Å². The van der Waals surface area contributed by atoms with E-state index < -0.39 is 17.4 Å². The molecule has 0 bridgehead atoms. The molecule has 3 aromatic rings. The Morgan fingerprint density at radius 2 is 1.97 bits per heavy atom. The van der Waals surface area contributed by atoms with Crippen molar-refractivity contribution >= 4 is 5.52 Å². The van der Waals surface area contributed by atoms with Crippen LogP contribution in [0.5, 0.6) is 0 Å². The summed E-state index contributed by atoms with van der Waals surface area (Å²) in [6.07, 6.45) is 6.19. The highest BCUT2D eigenvalue weighted by Gasteiger charge is 2.40. The van der Waals surface area contributed by atoms with Crippen LogP contribution in [0.1, 0.15) is 68.1 Å². The van der Waals surface area contributed by atoms with Gasteiger partial charge in [0.1, 0.15) is 6.67 Å². The van der Waals surface area contributed by atoms with E-state index in [2.05, 4.69) is 30.9 Å². The standard InChI is InChI=1S/C27H35F3N5O/c1-3-4-5-6-15-35(2)18-31-32-25(35)16-19-12-13-21-20(19)9-7-11-23(21)34-17-24-22(27(28,29)30)10-8-14-33(24)26(34)36/h7-11,14,17,19,25,31-32H,3-6,12-13,15-16,18H2,1-2H3/q+1/t19-,25?,35?/m0/s1. The van der Waals surface area contributed by atoms with E-state index in [4.69, 9.17) is 0 Å². The van der Waals surface area contributed by atoms with Gasteiger partial charge in [0.15, 0.2) is 6.17 Å². The second-order valence-corrected chi connectivity index (χ2v) is 10.5. The molecule has 0 spiro atoms. The fraction of sp³-hybridized carbons (Fsp3) is 0.519. The van der Waals surface area contributed by atoms with Crippen LogP contribution < -0.4 is 16.5 Å². The summed E-state index contributed by atoms with van der Waals surface area (Å²) >= 11 is 0. The van der Waals surface area contributed by atoms with Crippen molar-refractivity contribution in [1.29, 1.82) is 0 Å². The zero-order valence-electron chi connectivity index (χ0n) is 20.9. The summed E-state index contributed by atoms with van der Waals surface area (Å²) in [5, 5.41) is 0. The maximum atomic E-state index is 13.6. The first-order valence-electron chi connectivity index (χ1n) is 13.0. The van der Waals surface area contributed by atoms with Crippen molar-refractivity contribution in [3.8, 4) is 5.69 Å². The summed E-state index contributed by atoms with van der Waals surface area (Å²) in [5.74, 6) is 0.337. The molecule has 2 N–H and O–H groups in total. The third-order valence-electron chi connectivity index (χ3n) is 8.12.